The minimum Gasteiger partial charge on any atom is -0.301 e. The van der Waals surface area contributed by atoms with Crippen molar-refractivity contribution in [1.82, 2.24) is 4.90 Å². The molecule has 2 aliphatic heterocycles. The molecule has 134 valence electrons. The molecule has 2 amide bonds. The van der Waals surface area contributed by atoms with E-state index in [2.05, 4.69) is 4.90 Å². The third kappa shape index (κ3) is 2.82. The van der Waals surface area contributed by atoms with Gasteiger partial charge in [-0.3, -0.25) is 14.5 Å². The molecule has 1 saturated heterocycles. The Hall–Kier alpha value is -1.88. The molecular formula is C20H18Cl2N2O2. The Labute approximate surface area is 162 Å². The first-order valence-corrected chi connectivity index (χ1v) is 9.33. The van der Waals surface area contributed by atoms with Crippen molar-refractivity contribution < 1.29 is 9.59 Å². The van der Waals surface area contributed by atoms with Crippen LogP contribution in [0.2, 0.25) is 10.0 Å². The first-order chi connectivity index (χ1) is 12.5. The second kappa shape index (κ2) is 6.69. The quantitative estimate of drug-likeness (QED) is 0.722. The van der Waals surface area contributed by atoms with E-state index in [9.17, 15) is 9.59 Å². The molecule has 1 atom stereocenters. The third-order valence-corrected chi connectivity index (χ3v) is 5.81. The van der Waals surface area contributed by atoms with E-state index in [0.717, 1.165) is 29.8 Å². The fourth-order valence-corrected chi connectivity index (χ4v) is 4.50. The van der Waals surface area contributed by atoms with E-state index >= 15 is 0 Å². The summed E-state index contributed by atoms with van der Waals surface area (Å²) in [6, 6.07) is 11.2. The summed E-state index contributed by atoms with van der Waals surface area (Å²) in [5.41, 5.74) is 3.57. The highest BCUT2D eigenvalue weighted by atomic mass is 35.5. The Kier molecular flexibility index (Phi) is 4.51. The summed E-state index contributed by atoms with van der Waals surface area (Å²) in [5.74, 6) is -0.361. The van der Waals surface area contributed by atoms with Crippen molar-refractivity contribution in [3.8, 4) is 0 Å². The van der Waals surface area contributed by atoms with Gasteiger partial charge in [-0.1, -0.05) is 41.4 Å². The Morgan fingerprint density at radius 2 is 1.62 bits per heavy atom. The SMILES string of the molecule is CN1Cc2c(Cl)ccc(Cl)c2[C@@H](c2ccccc2N2C(=O)CCC2=O)C1. The molecule has 2 aromatic carbocycles. The maximum atomic E-state index is 12.3. The predicted molar refractivity (Wildman–Crippen MR) is 103 cm³/mol. The standard InChI is InChI=1S/C20H18Cl2N2O2/c1-23-10-13(20-14(11-23)15(21)6-7-16(20)22)12-4-2-3-5-17(12)24-18(25)8-9-19(24)26/h2-7,13H,8-11H2,1H3/t13-/m1/s1. The van der Waals surface area contributed by atoms with Crippen molar-refractivity contribution in [3.05, 3.63) is 63.1 Å². The molecule has 0 saturated carbocycles. The van der Waals surface area contributed by atoms with Gasteiger partial charge in [0.05, 0.1) is 5.69 Å². The fourth-order valence-electron chi connectivity index (χ4n) is 3.97. The number of carbonyl (C=O) groups excluding carboxylic acids is 2. The molecule has 1 fully saturated rings. The highest BCUT2D eigenvalue weighted by Gasteiger charge is 2.35. The van der Waals surface area contributed by atoms with Crippen LogP contribution in [0.4, 0.5) is 5.69 Å². The Balaban J connectivity index is 1.89. The summed E-state index contributed by atoms with van der Waals surface area (Å²) in [6.45, 7) is 1.45. The van der Waals surface area contributed by atoms with Crippen molar-refractivity contribution in [1.29, 1.82) is 0 Å². The van der Waals surface area contributed by atoms with Crippen LogP contribution in [-0.2, 0) is 16.1 Å². The minimum atomic E-state index is -0.149. The van der Waals surface area contributed by atoms with Gasteiger partial charge in [-0.15, -0.1) is 0 Å². The lowest BCUT2D eigenvalue weighted by molar-refractivity contribution is -0.121. The van der Waals surface area contributed by atoms with Crippen LogP contribution in [0.25, 0.3) is 0 Å². The number of imide groups is 1. The number of rotatable bonds is 2. The number of hydrogen-bond donors (Lipinski definition) is 0. The zero-order valence-corrected chi connectivity index (χ0v) is 15.8. The highest BCUT2D eigenvalue weighted by Crippen LogP contribution is 2.43. The van der Waals surface area contributed by atoms with Gasteiger partial charge < -0.3 is 4.90 Å². The number of carbonyl (C=O) groups is 2. The number of halogens is 2. The maximum Gasteiger partial charge on any atom is 0.234 e. The molecule has 0 N–H and O–H groups in total. The van der Waals surface area contributed by atoms with Gasteiger partial charge in [-0.2, -0.15) is 0 Å². The van der Waals surface area contributed by atoms with Crippen molar-refractivity contribution in [2.24, 2.45) is 0 Å². The molecule has 6 heteroatoms. The lowest BCUT2D eigenvalue weighted by Crippen LogP contribution is -2.34. The molecule has 26 heavy (non-hydrogen) atoms. The first kappa shape index (κ1) is 17.5. The largest absolute Gasteiger partial charge is 0.301 e. The second-order valence-corrected chi connectivity index (χ2v) is 7.67. The predicted octanol–water partition coefficient (Wildman–Crippen LogP) is 4.22. The molecule has 0 spiro atoms. The van der Waals surface area contributed by atoms with Gasteiger partial charge in [0, 0.05) is 41.9 Å². The van der Waals surface area contributed by atoms with Gasteiger partial charge in [-0.05, 0) is 41.9 Å². The molecule has 4 nitrogen and oxygen atoms in total. The summed E-state index contributed by atoms with van der Waals surface area (Å²) >= 11 is 13.0. The van der Waals surface area contributed by atoms with Crippen LogP contribution in [0.5, 0.6) is 0 Å². The normalized spacial score (nSPS) is 20.6. The molecule has 2 heterocycles. The molecule has 2 aliphatic rings. The van der Waals surface area contributed by atoms with E-state index in [1.54, 1.807) is 0 Å². The highest BCUT2D eigenvalue weighted by molar-refractivity contribution is 6.34. The van der Waals surface area contributed by atoms with E-state index in [-0.39, 0.29) is 30.6 Å². The van der Waals surface area contributed by atoms with Gasteiger partial charge >= 0.3 is 0 Å². The molecule has 0 bridgehead atoms. The van der Waals surface area contributed by atoms with Crippen LogP contribution in [-0.4, -0.2) is 30.3 Å². The monoisotopic (exact) mass is 388 g/mol. The lowest BCUT2D eigenvalue weighted by atomic mass is 9.83. The third-order valence-electron chi connectivity index (χ3n) is 5.12. The Morgan fingerprint density at radius 3 is 2.35 bits per heavy atom. The van der Waals surface area contributed by atoms with Crippen LogP contribution in [0, 0.1) is 0 Å². The Morgan fingerprint density at radius 1 is 0.962 bits per heavy atom. The van der Waals surface area contributed by atoms with Gasteiger partial charge in [-0.25, -0.2) is 0 Å². The van der Waals surface area contributed by atoms with Crippen molar-refractivity contribution in [2.75, 3.05) is 18.5 Å². The van der Waals surface area contributed by atoms with Gasteiger partial charge in [0.25, 0.3) is 0 Å². The zero-order chi connectivity index (χ0) is 18.4. The van der Waals surface area contributed by atoms with Crippen molar-refractivity contribution in [3.63, 3.8) is 0 Å². The molecule has 0 aromatic heterocycles. The molecule has 0 radical (unpaired) electrons. The molecule has 0 aliphatic carbocycles. The summed E-state index contributed by atoms with van der Waals surface area (Å²) in [6.07, 6.45) is 0.530. The lowest BCUT2D eigenvalue weighted by Gasteiger charge is -2.35. The number of anilines is 1. The van der Waals surface area contributed by atoms with Gasteiger partial charge in [0.1, 0.15) is 0 Å². The Bertz CT molecular complexity index is 897. The number of likely N-dealkylation sites (N-methyl/N-ethyl adjacent to an activating group) is 1. The molecule has 2 aromatic rings. The first-order valence-electron chi connectivity index (χ1n) is 8.57. The number of nitrogens with zero attached hydrogens (tertiary/aromatic N) is 2. The van der Waals surface area contributed by atoms with Crippen molar-refractivity contribution in [2.45, 2.75) is 25.3 Å². The summed E-state index contributed by atoms with van der Waals surface area (Å²) in [4.78, 5) is 28.1. The maximum absolute atomic E-state index is 12.3. The van der Waals surface area contributed by atoms with Gasteiger partial charge in [0.2, 0.25) is 11.8 Å². The van der Waals surface area contributed by atoms with E-state index in [4.69, 9.17) is 23.2 Å². The fraction of sp³-hybridized carbons (Fsp3) is 0.300. The van der Waals surface area contributed by atoms with Crippen LogP contribution in [0.15, 0.2) is 36.4 Å². The summed E-state index contributed by atoms with van der Waals surface area (Å²) < 4.78 is 0. The number of fused-ring (bicyclic) bond motifs is 1. The zero-order valence-electron chi connectivity index (χ0n) is 14.3. The van der Waals surface area contributed by atoms with Crippen LogP contribution in [0.3, 0.4) is 0 Å². The van der Waals surface area contributed by atoms with Gasteiger partial charge in [0.15, 0.2) is 0 Å². The molecular weight excluding hydrogens is 371 g/mol. The molecule has 4 rings (SSSR count). The van der Waals surface area contributed by atoms with E-state index in [1.165, 1.54) is 4.90 Å². The average Bonchev–Trinajstić information content (AvgIpc) is 2.96. The minimum absolute atomic E-state index is 0.0626. The summed E-state index contributed by atoms with van der Waals surface area (Å²) in [5, 5.41) is 1.35. The van der Waals surface area contributed by atoms with E-state index in [1.807, 2.05) is 43.4 Å². The molecule has 0 unspecified atom stereocenters. The van der Waals surface area contributed by atoms with Crippen LogP contribution >= 0.6 is 23.2 Å². The van der Waals surface area contributed by atoms with Crippen LogP contribution in [0.1, 0.15) is 35.4 Å². The van der Waals surface area contributed by atoms with Crippen molar-refractivity contribution >= 4 is 40.7 Å². The number of amides is 2. The van der Waals surface area contributed by atoms with Crippen LogP contribution < -0.4 is 4.90 Å². The number of benzene rings is 2. The number of hydrogen-bond acceptors (Lipinski definition) is 3. The van der Waals surface area contributed by atoms with E-state index in [0.29, 0.717) is 15.7 Å². The second-order valence-electron chi connectivity index (χ2n) is 6.85. The topological polar surface area (TPSA) is 40.6 Å². The average molecular weight is 389 g/mol. The van der Waals surface area contributed by atoms with E-state index < -0.39 is 0 Å². The number of para-hydroxylation sites is 1. The summed E-state index contributed by atoms with van der Waals surface area (Å²) in [7, 11) is 2.03. The smallest absolute Gasteiger partial charge is 0.234 e.